The molecular formula is C14H15NO2. The lowest BCUT2D eigenvalue weighted by Gasteiger charge is -2.08. The van der Waals surface area contributed by atoms with Gasteiger partial charge in [0.2, 0.25) is 0 Å². The molecule has 2 heterocycles. The summed E-state index contributed by atoms with van der Waals surface area (Å²) in [4.78, 5) is 0. The third-order valence-electron chi connectivity index (χ3n) is 3.09. The van der Waals surface area contributed by atoms with Crippen LogP contribution in [0.2, 0.25) is 0 Å². The van der Waals surface area contributed by atoms with Gasteiger partial charge in [0.1, 0.15) is 11.5 Å². The van der Waals surface area contributed by atoms with E-state index in [4.69, 9.17) is 9.15 Å². The van der Waals surface area contributed by atoms with Crippen LogP contribution in [0.5, 0.6) is 5.75 Å². The molecular weight excluding hydrogens is 214 g/mol. The molecule has 3 heteroatoms. The van der Waals surface area contributed by atoms with Gasteiger partial charge in [0.25, 0.3) is 0 Å². The fourth-order valence-electron chi connectivity index (χ4n) is 2.31. The normalized spacial score (nSPS) is 13.5. The van der Waals surface area contributed by atoms with Crippen molar-refractivity contribution in [1.29, 1.82) is 0 Å². The zero-order chi connectivity index (χ0) is 11.7. The summed E-state index contributed by atoms with van der Waals surface area (Å²) in [6, 6.07) is 8.31. The molecule has 0 atom stereocenters. The summed E-state index contributed by atoms with van der Waals surface area (Å²) < 4.78 is 11.2. The van der Waals surface area contributed by atoms with Crippen molar-refractivity contribution < 1.29 is 9.15 Å². The van der Waals surface area contributed by atoms with Crippen LogP contribution in [0.4, 0.5) is 0 Å². The molecule has 3 nitrogen and oxygen atoms in total. The number of para-hydroxylation sites is 1. The molecule has 0 bridgehead atoms. The zero-order valence-corrected chi connectivity index (χ0v) is 9.82. The van der Waals surface area contributed by atoms with Crippen molar-refractivity contribution in [2.75, 3.05) is 13.7 Å². The molecule has 0 saturated carbocycles. The molecule has 0 saturated heterocycles. The van der Waals surface area contributed by atoms with Crippen molar-refractivity contribution in [2.24, 2.45) is 0 Å². The lowest BCUT2D eigenvalue weighted by atomic mass is 10.0. The number of ether oxygens (including phenoxy) is 1. The monoisotopic (exact) mass is 229 g/mol. The highest BCUT2D eigenvalue weighted by Crippen LogP contribution is 2.38. The summed E-state index contributed by atoms with van der Waals surface area (Å²) in [5.41, 5.74) is 3.55. The fourth-order valence-corrected chi connectivity index (χ4v) is 2.31. The zero-order valence-electron chi connectivity index (χ0n) is 9.82. The van der Waals surface area contributed by atoms with Crippen LogP contribution in [0.3, 0.4) is 0 Å². The SMILES string of the molecule is CNCc1occc1-c1cccc2c1OCC2. The molecule has 3 rings (SSSR count). The van der Waals surface area contributed by atoms with Crippen LogP contribution in [0.1, 0.15) is 11.3 Å². The minimum absolute atomic E-state index is 0.728. The van der Waals surface area contributed by atoms with E-state index in [9.17, 15) is 0 Å². The number of hydrogen-bond acceptors (Lipinski definition) is 3. The lowest BCUT2D eigenvalue weighted by Crippen LogP contribution is -2.05. The molecule has 1 aliphatic heterocycles. The molecule has 0 fully saturated rings. The Morgan fingerprint density at radius 3 is 3.06 bits per heavy atom. The Kier molecular flexibility index (Phi) is 2.61. The Bertz CT molecular complexity index is 531. The summed E-state index contributed by atoms with van der Waals surface area (Å²) in [6.07, 6.45) is 2.73. The van der Waals surface area contributed by atoms with E-state index >= 15 is 0 Å². The molecule has 1 N–H and O–H groups in total. The minimum Gasteiger partial charge on any atom is -0.492 e. The van der Waals surface area contributed by atoms with Crippen LogP contribution in [0.25, 0.3) is 11.1 Å². The summed E-state index contributed by atoms with van der Waals surface area (Å²) in [5.74, 6) is 1.97. The Morgan fingerprint density at radius 2 is 2.18 bits per heavy atom. The highest BCUT2D eigenvalue weighted by atomic mass is 16.5. The molecule has 2 aromatic rings. The van der Waals surface area contributed by atoms with Crippen LogP contribution in [0.15, 0.2) is 34.9 Å². The average Bonchev–Trinajstić information content (AvgIpc) is 2.96. The topological polar surface area (TPSA) is 34.4 Å². The number of benzene rings is 1. The second-order valence-electron chi connectivity index (χ2n) is 4.18. The van der Waals surface area contributed by atoms with Crippen molar-refractivity contribution in [3.63, 3.8) is 0 Å². The molecule has 1 aromatic heterocycles. The van der Waals surface area contributed by atoms with Crippen molar-refractivity contribution in [3.8, 4) is 16.9 Å². The predicted octanol–water partition coefficient (Wildman–Crippen LogP) is 2.60. The second kappa shape index (κ2) is 4.26. The van der Waals surface area contributed by atoms with Crippen molar-refractivity contribution >= 4 is 0 Å². The average molecular weight is 229 g/mol. The van der Waals surface area contributed by atoms with Gasteiger partial charge in [0, 0.05) is 17.5 Å². The van der Waals surface area contributed by atoms with Gasteiger partial charge < -0.3 is 14.5 Å². The number of rotatable bonds is 3. The molecule has 0 radical (unpaired) electrons. The quantitative estimate of drug-likeness (QED) is 0.878. The molecule has 0 aliphatic carbocycles. The van der Waals surface area contributed by atoms with E-state index in [2.05, 4.69) is 23.5 Å². The smallest absolute Gasteiger partial charge is 0.130 e. The van der Waals surface area contributed by atoms with Crippen molar-refractivity contribution in [1.82, 2.24) is 5.32 Å². The van der Waals surface area contributed by atoms with Gasteiger partial charge in [0.05, 0.1) is 19.4 Å². The van der Waals surface area contributed by atoms with Crippen LogP contribution in [-0.2, 0) is 13.0 Å². The van der Waals surface area contributed by atoms with Crippen molar-refractivity contribution in [2.45, 2.75) is 13.0 Å². The molecule has 1 aliphatic rings. The Hall–Kier alpha value is -1.74. The first-order valence-corrected chi connectivity index (χ1v) is 5.86. The van der Waals surface area contributed by atoms with E-state index in [-0.39, 0.29) is 0 Å². The summed E-state index contributed by atoms with van der Waals surface area (Å²) in [6.45, 7) is 1.51. The van der Waals surface area contributed by atoms with E-state index in [0.717, 1.165) is 42.2 Å². The Morgan fingerprint density at radius 1 is 1.24 bits per heavy atom. The first-order chi connectivity index (χ1) is 8.40. The van der Waals surface area contributed by atoms with E-state index in [0.29, 0.717) is 0 Å². The van der Waals surface area contributed by atoms with Gasteiger partial charge >= 0.3 is 0 Å². The van der Waals surface area contributed by atoms with Gasteiger partial charge in [0.15, 0.2) is 0 Å². The highest BCUT2D eigenvalue weighted by Gasteiger charge is 2.19. The lowest BCUT2D eigenvalue weighted by molar-refractivity contribution is 0.358. The summed E-state index contributed by atoms with van der Waals surface area (Å²) in [5, 5.41) is 3.11. The predicted molar refractivity (Wildman–Crippen MR) is 66.1 cm³/mol. The van der Waals surface area contributed by atoms with Crippen LogP contribution >= 0.6 is 0 Å². The van der Waals surface area contributed by atoms with Gasteiger partial charge in [-0.3, -0.25) is 0 Å². The van der Waals surface area contributed by atoms with Crippen LogP contribution < -0.4 is 10.1 Å². The molecule has 17 heavy (non-hydrogen) atoms. The maximum absolute atomic E-state index is 5.72. The van der Waals surface area contributed by atoms with E-state index in [1.54, 1.807) is 6.26 Å². The van der Waals surface area contributed by atoms with Gasteiger partial charge in [-0.2, -0.15) is 0 Å². The largest absolute Gasteiger partial charge is 0.492 e. The molecule has 0 unspecified atom stereocenters. The third kappa shape index (κ3) is 1.72. The molecule has 0 amide bonds. The van der Waals surface area contributed by atoms with E-state index in [1.807, 2.05) is 13.1 Å². The minimum atomic E-state index is 0.728. The van der Waals surface area contributed by atoms with Crippen LogP contribution in [0, 0.1) is 0 Å². The second-order valence-corrected chi connectivity index (χ2v) is 4.18. The van der Waals surface area contributed by atoms with Crippen LogP contribution in [-0.4, -0.2) is 13.7 Å². The first kappa shape index (κ1) is 10.4. The Labute approximate surface area is 100 Å². The number of hydrogen-bond donors (Lipinski definition) is 1. The van der Waals surface area contributed by atoms with Gasteiger partial charge in [-0.15, -0.1) is 0 Å². The van der Waals surface area contributed by atoms with E-state index < -0.39 is 0 Å². The number of furan rings is 1. The Balaban J connectivity index is 2.09. The van der Waals surface area contributed by atoms with Crippen molar-refractivity contribution in [3.05, 3.63) is 41.9 Å². The summed E-state index contributed by atoms with van der Waals surface area (Å²) in [7, 11) is 1.91. The maximum atomic E-state index is 5.72. The maximum Gasteiger partial charge on any atom is 0.130 e. The van der Waals surface area contributed by atoms with Gasteiger partial charge in [-0.25, -0.2) is 0 Å². The number of nitrogens with one attached hydrogen (secondary N) is 1. The fraction of sp³-hybridized carbons (Fsp3) is 0.286. The number of fused-ring (bicyclic) bond motifs is 1. The van der Waals surface area contributed by atoms with E-state index in [1.165, 1.54) is 5.56 Å². The molecule has 1 aromatic carbocycles. The molecule has 88 valence electrons. The van der Waals surface area contributed by atoms with Gasteiger partial charge in [-0.1, -0.05) is 18.2 Å². The third-order valence-corrected chi connectivity index (χ3v) is 3.09. The standard InChI is InChI=1S/C14H15NO2/c1-15-9-13-11(6-8-16-13)12-4-2-3-10-5-7-17-14(10)12/h2-4,6,8,15H,5,7,9H2,1H3. The molecule has 0 spiro atoms. The first-order valence-electron chi connectivity index (χ1n) is 5.86. The highest BCUT2D eigenvalue weighted by molar-refractivity contribution is 5.74. The summed E-state index contributed by atoms with van der Waals surface area (Å²) >= 11 is 0. The van der Waals surface area contributed by atoms with Gasteiger partial charge in [-0.05, 0) is 18.7 Å².